The Bertz CT molecular complexity index is 684. The zero-order valence-corrected chi connectivity index (χ0v) is 13.8. The number of hydrogen-bond acceptors (Lipinski definition) is 3. The van der Waals surface area contributed by atoms with Crippen molar-refractivity contribution in [2.75, 3.05) is 0 Å². The summed E-state index contributed by atoms with van der Waals surface area (Å²) >= 11 is 1.53. The van der Waals surface area contributed by atoms with E-state index in [-0.39, 0.29) is 5.91 Å². The Hall–Kier alpha value is -1.42. The lowest BCUT2D eigenvalue weighted by atomic mass is 9.95. The molecule has 1 aliphatic carbocycles. The van der Waals surface area contributed by atoms with Gasteiger partial charge in [0.2, 0.25) is 0 Å². The van der Waals surface area contributed by atoms with Crippen molar-refractivity contribution in [3.05, 3.63) is 27.8 Å². The molecule has 0 radical (unpaired) electrons. The summed E-state index contributed by atoms with van der Waals surface area (Å²) in [5, 5.41) is 4.37. The Morgan fingerprint density at radius 1 is 1.24 bits per heavy atom. The molecule has 21 heavy (non-hydrogen) atoms. The topological polar surface area (TPSA) is 42.0 Å². The smallest absolute Gasteiger partial charge is 0.261 e. The molecule has 0 aliphatic heterocycles. The van der Waals surface area contributed by atoms with Crippen LogP contribution >= 0.6 is 11.3 Å². The highest BCUT2D eigenvalue weighted by molar-refractivity contribution is 7.20. The van der Waals surface area contributed by atoms with Gasteiger partial charge in [-0.15, -0.1) is 11.3 Å². The molecule has 0 spiro atoms. The molecule has 3 rings (SSSR count). The maximum absolute atomic E-state index is 12.6. The van der Waals surface area contributed by atoms with Crippen LogP contribution in [0.3, 0.4) is 0 Å². The number of rotatable bonds is 2. The largest absolute Gasteiger partial charge is 0.349 e. The Labute approximate surface area is 129 Å². The van der Waals surface area contributed by atoms with E-state index in [0.717, 1.165) is 39.2 Å². The number of nitrogens with one attached hydrogen (secondary N) is 1. The Kier molecular flexibility index (Phi) is 3.98. The number of hydrogen-bond donors (Lipinski definition) is 1. The third-order valence-corrected chi connectivity index (χ3v) is 5.56. The van der Waals surface area contributed by atoms with Crippen LogP contribution in [-0.2, 0) is 0 Å². The van der Waals surface area contributed by atoms with Crippen LogP contribution in [-0.4, -0.2) is 16.9 Å². The zero-order chi connectivity index (χ0) is 15.0. The summed E-state index contributed by atoms with van der Waals surface area (Å²) in [6.45, 7) is 6.14. The average Bonchev–Trinajstić information content (AvgIpc) is 2.77. The molecule has 0 atom stereocenters. The van der Waals surface area contributed by atoms with Gasteiger partial charge in [0, 0.05) is 17.1 Å². The van der Waals surface area contributed by atoms with Crippen molar-refractivity contribution in [1.29, 1.82) is 0 Å². The van der Waals surface area contributed by atoms with Crippen LogP contribution in [0.4, 0.5) is 0 Å². The molecule has 2 aromatic heterocycles. The molecule has 2 aromatic rings. The summed E-state index contributed by atoms with van der Waals surface area (Å²) in [4.78, 5) is 19.0. The van der Waals surface area contributed by atoms with E-state index in [1.165, 1.54) is 36.2 Å². The van der Waals surface area contributed by atoms with Crippen LogP contribution in [0.15, 0.2) is 6.07 Å². The third kappa shape index (κ3) is 2.82. The van der Waals surface area contributed by atoms with Crippen LogP contribution in [0.5, 0.6) is 0 Å². The summed E-state index contributed by atoms with van der Waals surface area (Å²) in [5.74, 6) is 0.0828. The van der Waals surface area contributed by atoms with Gasteiger partial charge in [0.05, 0.1) is 4.88 Å². The standard InChI is InChI=1S/C17H22N2OS/c1-10-9-11(2)18-17-14(10)12(3)15(21-17)16(20)19-13-7-5-4-6-8-13/h9,13H,4-8H2,1-3H3,(H,19,20). The molecule has 4 heteroatoms. The van der Waals surface area contributed by atoms with Gasteiger partial charge in [0.25, 0.3) is 5.91 Å². The van der Waals surface area contributed by atoms with Crippen LogP contribution in [0, 0.1) is 20.8 Å². The fraction of sp³-hybridized carbons (Fsp3) is 0.529. The van der Waals surface area contributed by atoms with Gasteiger partial charge in [-0.05, 0) is 50.8 Å². The molecule has 3 nitrogen and oxygen atoms in total. The van der Waals surface area contributed by atoms with Crippen LogP contribution in [0.1, 0.15) is 58.6 Å². The number of amides is 1. The predicted octanol–water partition coefficient (Wildman–Crippen LogP) is 4.28. The molecular formula is C17H22N2OS. The number of thiophene rings is 1. The monoisotopic (exact) mass is 302 g/mol. The second-order valence-corrected chi connectivity index (χ2v) is 7.12. The first-order chi connectivity index (χ1) is 10.1. The number of carbonyl (C=O) groups excluding carboxylic acids is 1. The average molecular weight is 302 g/mol. The van der Waals surface area contributed by atoms with Crippen molar-refractivity contribution in [2.45, 2.75) is 58.9 Å². The normalized spacial score (nSPS) is 16.3. The van der Waals surface area contributed by atoms with Gasteiger partial charge >= 0.3 is 0 Å². The molecule has 0 aromatic carbocycles. The van der Waals surface area contributed by atoms with E-state index in [0.29, 0.717) is 6.04 Å². The first kappa shape index (κ1) is 14.5. The van der Waals surface area contributed by atoms with Crippen LogP contribution in [0.25, 0.3) is 10.2 Å². The fourth-order valence-electron chi connectivity index (χ4n) is 3.33. The Morgan fingerprint density at radius 2 is 1.95 bits per heavy atom. The van der Waals surface area contributed by atoms with Gasteiger partial charge in [-0.1, -0.05) is 19.3 Å². The molecule has 1 fully saturated rings. The molecule has 0 bridgehead atoms. The second-order valence-electron chi connectivity index (χ2n) is 6.13. The number of fused-ring (bicyclic) bond motifs is 1. The van der Waals surface area contributed by atoms with Crippen molar-refractivity contribution in [2.24, 2.45) is 0 Å². The number of nitrogens with zero attached hydrogens (tertiary/aromatic N) is 1. The maximum Gasteiger partial charge on any atom is 0.261 e. The molecule has 2 heterocycles. The van der Waals surface area contributed by atoms with Crippen molar-refractivity contribution in [3.8, 4) is 0 Å². The summed E-state index contributed by atoms with van der Waals surface area (Å²) in [5.41, 5.74) is 3.30. The highest BCUT2D eigenvalue weighted by Crippen LogP contribution is 2.32. The molecule has 112 valence electrons. The first-order valence-electron chi connectivity index (χ1n) is 7.74. The van der Waals surface area contributed by atoms with Crippen molar-refractivity contribution in [3.63, 3.8) is 0 Å². The van der Waals surface area contributed by atoms with Crippen molar-refractivity contribution < 1.29 is 4.79 Å². The summed E-state index contributed by atoms with van der Waals surface area (Å²) in [7, 11) is 0. The quantitative estimate of drug-likeness (QED) is 0.899. The van der Waals surface area contributed by atoms with Crippen molar-refractivity contribution in [1.82, 2.24) is 10.3 Å². The van der Waals surface area contributed by atoms with Gasteiger partial charge in [-0.2, -0.15) is 0 Å². The molecule has 1 saturated carbocycles. The van der Waals surface area contributed by atoms with Crippen LogP contribution < -0.4 is 5.32 Å². The molecule has 1 N–H and O–H groups in total. The van der Waals surface area contributed by atoms with E-state index in [9.17, 15) is 4.79 Å². The number of carbonyl (C=O) groups is 1. The number of pyridine rings is 1. The predicted molar refractivity (Wildman–Crippen MR) is 88.2 cm³/mol. The van der Waals surface area contributed by atoms with Crippen LogP contribution in [0.2, 0.25) is 0 Å². The third-order valence-electron chi connectivity index (χ3n) is 4.37. The first-order valence-corrected chi connectivity index (χ1v) is 8.56. The highest BCUT2D eigenvalue weighted by Gasteiger charge is 2.21. The van der Waals surface area contributed by atoms with E-state index in [1.807, 2.05) is 13.8 Å². The van der Waals surface area contributed by atoms with Gasteiger partial charge in [0.15, 0.2) is 0 Å². The lowest BCUT2D eigenvalue weighted by Crippen LogP contribution is -2.36. The fourth-order valence-corrected chi connectivity index (χ4v) is 4.54. The second kappa shape index (κ2) is 5.76. The van der Waals surface area contributed by atoms with Crippen molar-refractivity contribution >= 4 is 27.5 Å². The lowest BCUT2D eigenvalue weighted by molar-refractivity contribution is 0.0931. The minimum absolute atomic E-state index is 0.0828. The SMILES string of the molecule is Cc1cc(C)c2c(C)c(C(=O)NC3CCCCC3)sc2n1. The zero-order valence-electron chi connectivity index (χ0n) is 13.0. The highest BCUT2D eigenvalue weighted by atomic mass is 32.1. The minimum Gasteiger partial charge on any atom is -0.349 e. The summed E-state index contributed by atoms with van der Waals surface area (Å²) in [6.07, 6.45) is 6.00. The number of aromatic nitrogens is 1. The van der Waals surface area contributed by atoms with E-state index in [1.54, 1.807) is 0 Å². The molecular weight excluding hydrogens is 280 g/mol. The molecule has 1 aliphatic rings. The van der Waals surface area contributed by atoms with E-state index in [4.69, 9.17) is 0 Å². The van der Waals surface area contributed by atoms with E-state index in [2.05, 4.69) is 23.3 Å². The Morgan fingerprint density at radius 3 is 2.67 bits per heavy atom. The van der Waals surface area contributed by atoms with E-state index < -0.39 is 0 Å². The van der Waals surface area contributed by atoms with Gasteiger partial charge in [-0.3, -0.25) is 4.79 Å². The maximum atomic E-state index is 12.6. The Balaban J connectivity index is 1.91. The number of aryl methyl sites for hydroxylation is 3. The summed E-state index contributed by atoms with van der Waals surface area (Å²) in [6, 6.07) is 2.44. The van der Waals surface area contributed by atoms with Gasteiger partial charge in [0.1, 0.15) is 4.83 Å². The molecule has 0 unspecified atom stereocenters. The van der Waals surface area contributed by atoms with E-state index >= 15 is 0 Å². The molecule has 1 amide bonds. The lowest BCUT2D eigenvalue weighted by Gasteiger charge is -2.22. The van der Waals surface area contributed by atoms with Gasteiger partial charge < -0.3 is 5.32 Å². The minimum atomic E-state index is 0.0828. The molecule has 0 saturated heterocycles. The summed E-state index contributed by atoms with van der Waals surface area (Å²) < 4.78 is 0. The van der Waals surface area contributed by atoms with Gasteiger partial charge in [-0.25, -0.2) is 4.98 Å².